The Morgan fingerprint density at radius 1 is 0.571 bits per heavy atom. The molecule has 42 heavy (non-hydrogen) atoms. The van der Waals surface area contributed by atoms with Crippen LogP contribution in [-0.2, 0) is 12.8 Å². The zero-order chi connectivity index (χ0) is 29.8. The van der Waals surface area contributed by atoms with Crippen molar-refractivity contribution >= 4 is 0 Å². The van der Waals surface area contributed by atoms with Gasteiger partial charge in [0.1, 0.15) is 11.5 Å². The number of hydrogen-bond acceptors (Lipinski definition) is 5. The zero-order valence-electron chi connectivity index (χ0n) is 25.8. The molecule has 0 unspecified atom stereocenters. The molecule has 2 aromatic carbocycles. The van der Waals surface area contributed by atoms with Gasteiger partial charge in [-0.1, -0.05) is 26.0 Å². The first kappa shape index (κ1) is 30.0. The average molecular weight is 577 g/mol. The fourth-order valence-electron chi connectivity index (χ4n) is 11.1. The van der Waals surface area contributed by atoms with Crippen LogP contribution in [0.4, 0.5) is 0 Å². The lowest BCUT2D eigenvalue weighted by atomic mass is 9.55. The van der Waals surface area contributed by atoms with Crippen molar-refractivity contribution in [1.29, 1.82) is 0 Å². The molecule has 0 radical (unpaired) electrons. The van der Waals surface area contributed by atoms with Crippen molar-refractivity contribution in [3.8, 4) is 11.5 Å². The molecule has 10 atom stereocenters. The zero-order valence-corrected chi connectivity index (χ0v) is 25.8. The summed E-state index contributed by atoms with van der Waals surface area (Å²) in [4.78, 5) is 0. The molecule has 4 fully saturated rings. The molecular formula is C37H52O5. The highest BCUT2D eigenvalue weighted by Crippen LogP contribution is 2.62. The Morgan fingerprint density at radius 3 is 1.38 bits per heavy atom. The van der Waals surface area contributed by atoms with Crippen LogP contribution in [0, 0.1) is 34.5 Å². The number of aryl methyl sites for hydroxylation is 2. The number of rotatable bonds is 0. The summed E-state index contributed by atoms with van der Waals surface area (Å²) >= 11 is 0. The summed E-state index contributed by atoms with van der Waals surface area (Å²) in [6.07, 6.45) is 13.6. The summed E-state index contributed by atoms with van der Waals surface area (Å²) in [5.74, 6) is 4.98. The molecule has 0 heterocycles. The monoisotopic (exact) mass is 576 g/mol. The predicted molar refractivity (Wildman–Crippen MR) is 166 cm³/mol. The van der Waals surface area contributed by atoms with Crippen molar-refractivity contribution in [1.82, 2.24) is 0 Å². The Kier molecular flexibility index (Phi) is 8.17. The van der Waals surface area contributed by atoms with E-state index in [1.54, 1.807) is 0 Å². The number of benzene rings is 2. The number of aromatic hydroxyl groups is 2. The molecule has 5 nitrogen and oxygen atoms in total. The first-order valence-electron chi connectivity index (χ1n) is 16.6. The van der Waals surface area contributed by atoms with Crippen LogP contribution in [0.25, 0.3) is 0 Å². The third-order valence-corrected chi connectivity index (χ3v) is 13.3. The molecular weight excluding hydrogens is 524 g/mol. The normalized spacial score (nSPS) is 40.8. The van der Waals surface area contributed by atoms with Gasteiger partial charge in [-0.2, -0.15) is 0 Å². The molecule has 2 aromatic rings. The van der Waals surface area contributed by atoms with Gasteiger partial charge in [0.2, 0.25) is 0 Å². The predicted octanol–water partition coefficient (Wildman–Crippen LogP) is 6.83. The Hall–Kier alpha value is -2.08. The minimum atomic E-state index is -0.0883. The fourth-order valence-corrected chi connectivity index (χ4v) is 11.1. The molecule has 0 bridgehead atoms. The molecule has 4 saturated carbocycles. The van der Waals surface area contributed by atoms with Crippen LogP contribution in [0.15, 0.2) is 36.4 Å². The molecule has 6 aliphatic rings. The molecule has 0 saturated heterocycles. The van der Waals surface area contributed by atoms with Crippen LogP contribution in [0.1, 0.15) is 112 Å². The minimum absolute atomic E-state index is 0.0883. The van der Waals surface area contributed by atoms with Crippen molar-refractivity contribution in [2.75, 3.05) is 7.11 Å². The second-order valence-corrected chi connectivity index (χ2v) is 14.9. The highest BCUT2D eigenvalue weighted by Gasteiger charge is 2.55. The average Bonchev–Trinajstić information content (AvgIpc) is 3.48. The Bertz CT molecular complexity index is 1180. The fraction of sp³-hybridized carbons (Fsp3) is 0.676. The lowest BCUT2D eigenvalue weighted by molar-refractivity contribution is -0.0226. The SMILES string of the molecule is CO.C[C@]12CC[C@@H]3c4ccc(O)cc4CC[C@H]3[C@@H]1CC[C@@H]2O.C[C@]12CC[C@@H]3c4ccc(O)cc4CC[C@H]3[C@@H]1CC[C@@H]2O. The highest BCUT2D eigenvalue weighted by molar-refractivity contribution is 5.41. The van der Waals surface area contributed by atoms with Crippen molar-refractivity contribution in [2.24, 2.45) is 34.5 Å². The third kappa shape index (κ3) is 4.79. The summed E-state index contributed by atoms with van der Waals surface area (Å²) in [6.45, 7) is 4.63. The lowest BCUT2D eigenvalue weighted by Crippen LogP contribution is -2.43. The van der Waals surface area contributed by atoms with Gasteiger partial charge in [-0.15, -0.1) is 0 Å². The van der Waals surface area contributed by atoms with Gasteiger partial charge in [-0.05, 0) is 170 Å². The number of hydrogen-bond donors (Lipinski definition) is 5. The van der Waals surface area contributed by atoms with E-state index in [0.29, 0.717) is 35.2 Å². The highest BCUT2D eigenvalue weighted by atomic mass is 16.3. The van der Waals surface area contributed by atoms with Crippen molar-refractivity contribution in [3.05, 3.63) is 58.7 Å². The molecule has 230 valence electrons. The second-order valence-electron chi connectivity index (χ2n) is 14.9. The van der Waals surface area contributed by atoms with E-state index in [9.17, 15) is 20.4 Å². The topological polar surface area (TPSA) is 101 Å². The van der Waals surface area contributed by atoms with Gasteiger partial charge >= 0.3 is 0 Å². The van der Waals surface area contributed by atoms with E-state index in [1.807, 2.05) is 24.3 Å². The summed E-state index contributed by atoms with van der Waals surface area (Å²) in [5, 5.41) is 47.1. The largest absolute Gasteiger partial charge is 0.508 e. The van der Waals surface area contributed by atoms with Crippen LogP contribution in [0.5, 0.6) is 11.5 Å². The van der Waals surface area contributed by atoms with Gasteiger partial charge < -0.3 is 25.5 Å². The second kappa shape index (κ2) is 11.4. The Balaban J connectivity index is 0.000000142. The van der Waals surface area contributed by atoms with Gasteiger partial charge in [0.15, 0.2) is 0 Å². The summed E-state index contributed by atoms with van der Waals surface area (Å²) in [6, 6.07) is 11.9. The van der Waals surface area contributed by atoms with Crippen molar-refractivity contribution in [3.63, 3.8) is 0 Å². The Morgan fingerprint density at radius 2 is 0.976 bits per heavy atom. The van der Waals surface area contributed by atoms with E-state index >= 15 is 0 Å². The number of aliphatic hydroxyl groups is 3. The maximum absolute atomic E-state index is 10.4. The van der Waals surface area contributed by atoms with E-state index in [1.165, 1.54) is 60.8 Å². The van der Waals surface area contributed by atoms with Gasteiger partial charge in [-0.3, -0.25) is 0 Å². The standard InChI is InChI=1S/2C18H24O2.CH4O/c2*1-18-9-8-14-13-5-3-12(19)10-11(13)2-4-15(14)16(18)6-7-17(18)20;1-2/h2*3,5,10,14-17,19-20H,2,4,6-9H2,1H3;2H,1H3/t2*14-,15-,16+,17+,18+;/m11./s1. The summed E-state index contributed by atoms with van der Waals surface area (Å²) in [7, 11) is 1.00. The first-order chi connectivity index (χ1) is 20.2. The molecule has 0 aromatic heterocycles. The summed E-state index contributed by atoms with van der Waals surface area (Å²) in [5.41, 5.74) is 5.98. The maximum Gasteiger partial charge on any atom is 0.115 e. The van der Waals surface area contributed by atoms with Crippen LogP contribution in [-0.4, -0.2) is 44.9 Å². The van der Waals surface area contributed by atoms with Crippen molar-refractivity contribution in [2.45, 2.75) is 115 Å². The van der Waals surface area contributed by atoms with E-state index in [4.69, 9.17) is 5.11 Å². The number of fused-ring (bicyclic) bond motifs is 10. The molecule has 0 spiro atoms. The van der Waals surface area contributed by atoms with Gasteiger partial charge in [0, 0.05) is 7.11 Å². The quantitative estimate of drug-likeness (QED) is 0.237. The van der Waals surface area contributed by atoms with Crippen molar-refractivity contribution < 1.29 is 25.5 Å². The van der Waals surface area contributed by atoms with E-state index in [-0.39, 0.29) is 23.0 Å². The first-order valence-corrected chi connectivity index (χ1v) is 16.6. The molecule has 5 heteroatoms. The summed E-state index contributed by atoms with van der Waals surface area (Å²) < 4.78 is 0. The Labute approximate surface area is 252 Å². The third-order valence-electron chi connectivity index (χ3n) is 13.3. The smallest absolute Gasteiger partial charge is 0.115 e. The van der Waals surface area contributed by atoms with E-state index in [2.05, 4.69) is 26.0 Å². The van der Waals surface area contributed by atoms with Gasteiger partial charge in [0.25, 0.3) is 0 Å². The van der Waals surface area contributed by atoms with Crippen LogP contribution < -0.4 is 0 Å². The van der Waals surface area contributed by atoms with Crippen LogP contribution in [0.3, 0.4) is 0 Å². The number of phenolic OH excluding ortho intramolecular Hbond substituents is 2. The maximum atomic E-state index is 10.4. The van der Waals surface area contributed by atoms with E-state index in [0.717, 1.165) is 57.5 Å². The molecule has 0 amide bonds. The van der Waals surface area contributed by atoms with Gasteiger partial charge in [0.05, 0.1) is 12.2 Å². The van der Waals surface area contributed by atoms with E-state index < -0.39 is 0 Å². The molecule has 6 aliphatic carbocycles. The molecule has 5 N–H and O–H groups in total. The molecule has 0 aliphatic heterocycles. The minimum Gasteiger partial charge on any atom is -0.508 e. The van der Waals surface area contributed by atoms with Gasteiger partial charge in [-0.25, -0.2) is 0 Å². The molecule has 8 rings (SSSR count). The number of phenols is 2. The van der Waals surface area contributed by atoms with Crippen LogP contribution >= 0.6 is 0 Å². The number of aliphatic hydroxyl groups excluding tert-OH is 3. The van der Waals surface area contributed by atoms with Crippen LogP contribution in [0.2, 0.25) is 0 Å². The lowest BCUT2D eigenvalue weighted by Gasteiger charge is -2.50.